The van der Waals surface area contributed by atoms with Gasteiger partial charge >= 0.3 is 0 Å². The van der Waals surface area contributed by atoms with Crippen LogP contribution in [0.2, 0.25) is 0 Å². The van der Waals surface area contributed by atoms with Crippen molar-refractivity contribution < 1.29 is 0 Å². The zero-order valence-corrected chi connectivity index (χ0v) is 11.3. The maximum Gasteiger partial charge on any atom is 0.000975 e. The van der Waals surface area contributed by atoms with Gasteiger partial charge in [-0.15, -0.1) is 0 Å². The van der Waals surface area contributed by atoms with Gasteiger partial charge in [-0.1, -0.05) is 40.5 Å². The smallest absolute Gasteiger partial charge is 0.000975 e. The Morgan fingerprint density at radius 2 is 1.87 bits per heavy atom. The van der Waals surface area contributed by atoms with Crippen LogP contribution in [0.3, 0.4) is 0 Å². The van der Waals surface area contributed by atoms with Gasteiger partial charge in [0.1, 0.15) is 0 Å². The van der Waals surface area contributed by atoms with Crippen molar-refractivity contribution in [3.05, 3.63) is 0 Å². The lowest BCUT2D eigenvalue weighted by Crippen LogP contribution is -2.14. The molecule has 1 aliphatic rings. The van der Waals surface area contributed by atoms with Crippen LogP contribution in [-0.2, 0) is 0 Å². The van der Waals surface area contributed by atoms with Crippen LogP contribution < -0.4 is 0 Å². The van der Waals surface area contributed by atoms with Crippen LogP contribution in [0, 0.1) is 23.7 Å². The molecule has 0 aromatic rings. The van der Waals surface area contributed by atoms with Crippen LogP contribution in [0.25, 0.3) is 0 Å². The first kappa shape index (κ1) is 13.0. The van der Waals surface area contributed by atoms with Gasteiger partial charge in [0.2, 0.25) is 0 Å². The molecule has 15 heavy (non-hydrogen) atoms. The van der Waals surface area contributed by atoms with Gasteiger partial charge in [-0.05, 0) is 37.1 Å². The molecule has 1 heterocycles. The molecule has 0 N–H and O–H groups in total. The first-order chi connectivity index (χ1) is 7.00. The summed E-state index contributed by atoms with van der Waals surface area (Å²) in [6.45, 7) is 12.1. The Hall–Kier alpha value is -0.0400. The summed E-state index contributed by atoms with van der Waals surface area (Å²) in [5.74, 6) is 3.65. The zero-order valence-electron chi connectivity index (χ0n) is 11.3. The Kier molecular flexibility index (Phi) is 5.11. The minimum Gasteiger partial charge on any atom is -0.306 e. The fourth-order valence-electron chi connectivity index (χ4n) is 2.71. The van der Waals surface area contributed by atoms with Gasteiger partial charge in [-0.25, -0.2) is 0 Å². The molecular formula is C14H29N. The van der Waals surface area contributed by atoms with Crippen molar-refractivity contribution in [3.63, 3.8) is 0 Å². The summed E-state index contributed by atoms with van der Waals surface area (Å²) in [6.07, 6.45) is 4.30. The van der Waals surface area contributed by atoms with Crippen molar-refractivity contribution in [2.45, 2.75) is 47.0 Å². The molecule has 0 bridgehead atoms. The third kappa shape index (κ3) is 4.14. The van der Waals surface area contributed by atoms with Crippen molar-refractivity contribution in [1.29, 1.82) is 0 Å². The predicted octanol–water partition coefficient (Wildman–Crippen LogP) is 3.65. The Morgan fingerprint density at radius 1 is 1.20 bits per heavy atom. The first-order valence-corrected chi connectivity index (χ1v) is 6.69. The van der Waals surface area contributed by atoms with E-state index in [9.17, 15) is 0 Å². The second-order valence-corrected chi connectivity index (χ2v) is 6.11. The average molecular weight is 211 g/mol. The number of likely N-dealkylation sites (tertiary alicyclic amines) is 1. The number of hydrogen-bond acceptors (Lipinski definition) is 1. The van der Waals surface area contributed by atoms with E-state index >= 15 is 0 Å². The summed E-state index contributed by atoms with van der Waals surface area (Å²) in [6, 6.07) is 0. The third-order valence-corrected chi connectivity index (χ3v) is 4.32. The topological polar surface area (TPSA) is 3.24 Å². The Balaban J connectivity index is 2.15. The van der Waals surface area contributed by atoms with Crippen LogP contribution >= 0.6 is 0 Å². The van der Waals surface area contributed by atoms with E-state index in [2.05, 4.69) is 39.6 Å². The molecule has 0 radical (unpaired) electrons. The zero-order chi connectivity index (χ0) is 11.4. The molecule has 1 saturated heterocycles. The fraction of sp³-hybridized carbons (Fsp3) is 1.00. The quantitative estimate of drug-likeness (QED) is 0.671. The van der Waals surface area contributed by atoms with E-state index in [0.717, 1.165) is 23.7 Å². The van der Waals surface area contributed by atoms with Crippen molar-refractivity contribution in [3.8, 4) is 0 Å². The molecule has 0 amide bonds. The molecule has 3 unspecified atom stereocenters. The van der Waals surface area contributed by atoms with Crippen LogP contribution in [0.1, 0.15) is 47.0 Å². The van der Waals surface area contributed by atoms with E-state index in [-0.39, 0.29) is 0 Å². The summed E-state index contributed by atoms with van der Waals surface area (Å²) in [7, 11) is 2.26. The van der Waals surface area contributed by atoms with Gasteiger partial charge in [-0.2, -0.15) is 0 Å². The number of hydrogen-bond donors (Lipinski definition) is 0. The van der Waals surface area contributed by atoms with E-state index in [0.29, 0.717) is 0 Å². The van der Waals surface area contributed by atoms with Gasteiger partial charge in [0, 0.05) is 13.1 Å². The van der Waals surface area contributed by atoms with E-state index < -0.39 is 0 Å². The van der Waals surface area contributed by atoms with Crippen molar-refractivity contribution in [1.82, 2.24) is 4.90 Å². The molecule has 90 valence electrons. The lowest BCUT2D eigenvalue weighted by molar-refractivity contribution is 0.336. The minimum atomic E-state index is 0.855. The molecule has 1 nitrogen and oxygen atoms in total. The third-order valence-electron chi connectivity index (χ3n) is 4.32. The summed E-state index contributed by atoms with van der Waals surface area (Å²) in [4.78, 5) is 2.49. The highest BCUT2D eigenvalue weighted by atomic mass is 15.1. The van der Waals surface area contributed by atoms with Crippen LogP contribution in [0.5, 0.6) is 0 Å². The summed E-state index contributed by atoms with van der Waals surface area (Å²) in [5.41, 5.74) is 0. The molecular weight excluding hydrogens is 182 g/mol. The highest BCUT2D eigenvalue weighted by molar-refractivity contribution is 4.79. The molecule has 0 aromatic heterocycles. The van der Waals surface area contributed by atoms with E-state index in [1.807, 2.05) is 0 Å². The summed E-state index contributed by atoms with van der Waals surface area (Å²) < 4.78 is 0. The van der Waals surface area contributed by atoms with Gasteiger partial charge in [0.25, 0.3) is 0 Å². The molecule has 0 aliphatic carbocycles. The van der Waals surface area contributed by atoms with E-state index in [1.165, 1.54) is 32.4 Å². The highest BCUT2D eigenvalue weighted by Crippen LogP contribution is 2.27. The Labute approximate surface area is 96.2 Å². The van der Waals surface area contributed by atoms with Gasteiger partial charge in [0.05, 0.1) is 0 Å². The molecule has 1 aliphatic heterocycles. The van der Waals surface area contributed by atoms with Gasteiger partial charge < -0.3 is 4.90 Å². The lowest BCUT2D eigenvalue weighted by Gasteiger charge is -2.18. The van der Waals surface area contributed by atoms with Crippen molar-refractivity contribution in [2.75, 3.05) is 20.1 Å². The van der Waals surface area contributed by atoms with E-state index in [1.54, 1.807) is 0 Å². The number of rotatable bonds is 5. The maximum atomic E-state index is 2.49. The molecule has 0 spiro atoms. The van der Waals surface area contributed by atoms with Crippen LogP contribution in [-0.4, -0.2) is 25.0 Å². The number of nitrogens with zero attached hydrogens (tertiary/aromatic N) is 1. The van der Waals surface area contributed by atoms with E-state index in [4.69, 9.17) is 0 Å². The molecule has 3 atom stereocenters. The van der Waals surface area contributed by atoms with Crippen LogP contribution in [0.4, 0.5) is 0 Å². The predicted molar refractivity (Wildman–Crippen MR) is 68.0 cm³/mol. The maximum absolute atomic E-state index is 2.49. The Morgan fingerprint density at radius 3 is 2.33 bits per heavy atom. The highest BCUT2D eigenvalue weighted by Gasteiger charge is 2.26. The second-order valence-electron chi connectivity index (χ2n) is 6.11. The molecule has 0 aromatic carbocycles. The monoisotopic (exact) mass is 211 g/mol. The summed E-state index contributed by atoms with van der Waals surface area (Å²) in [5, 5.41) is 0. The molecule has 0 saturated carbocycles. The lowest BCUT2D eigenvalue weighted by atomic mass is 9.88. The minimum absolute atomic E-state index is 0.855. The summed E-state index contributed by atoms with van der Waals surface area (Å²) >= 11 is 0. The average Bonchev–Trinajstić information content (AvgIpc) is 2.45. The molecule has 1 fully saturated rings. The molecule has 1 heteroatoms. The fourth-order valence-corrected chi connectivity index (χ4v) is 2.71. The normalized spacial score (nSPS) is 30.0. The SMILES string of the molecule is CC(C)C(C)CCCC1CN(C)CC1C. The Bertz CT molecular complexity index is 176. The van der Waals surface area contributed by atoms with Gasteiger partial charge in [-0.3, -0.25) is 0 Å². The largest absolute Gasteiger partial charge is 0.306 e. The second kappa shape index (κ2) is 5.89. The van der Waals surface area contributed by atoms with Gasteiger partial charge in [0.15, 0.2) is 0 Å². The van der Waals surface area contributed by atoms with Crippen molar-refractivity contribution >= 4 is 0 Å². The standard InChI is InChI=1S/C14H29N/c1-11(2)12(3)7-6-8-14-10-15(5)9-13(14)4/h11-14H,6-10H2,1-5H3. The first-order valence-electron chi connectivity index (χ1n) is 6.69. The van der Waals surface area contributed by atoms with Crippen molar-refractivity contribution in [2.24, 2.45) is 23.7 Å². The van der Waals surface area contributed by atoms with Crippen LogP contribution in [0.15, 0.2) is 0 Å². The molecule has 1 rings (SSSR count).